The molecule has 1 aromatic carbocycles. The van der Waals surface area contributed by atoms with Crippen molar-refractivity contribution in [2.45, 2.75) is 13.5 Å². The number of benzene rings is 1. The number of nitrogens with one attached hydrogen (secondary N) is 1. The molecule has 3 N–H and O–H groups in total. The highest BCUT2D eigenvalue weighted by molar-refractivity contribution is 5.93. The van der Waals surface area contributed by atoms with E-state index in [0.29, 0.717) is 12.1 Å². The fourth-order valence-electron chi connectivity index (χ4n) is 1.35. The quantitative estimate of drug-likeness (QED) is 0.822. The van der Waals surface area contributed by atoms with Crippen LogP contribution in [0.1, 0.15) is 21.7 Å². The number of anilines is 1. The Morgan fingerprint density at radius 3 is 2.59 bits per heavy atom. The molecule has 0 unspecified atom stereocenters. The van der Waals surface area contributed by atoms with E-state index >= 15 is 0 Å². The minimum absolute atomic E-state index is 0.437. The van der Waals surface area contributed by atoms with Gasteiger partial charge >= 0.3 is 0 Å². The van der Waals surface area contributed by atoms with Gasteiger partial charge in [0.25, 0.3) is 0 Å². The molecule has 0 saturated carbocycles. The summed E-state index contributed by atoms with van der Waals surface area (Å²) in [6, 6.07) is 6.89. The van der Waals surface area contributed by atoms with Crippen molar-refractivity contribution in [2.24, 2.45) is 5.73 Å². The van der Waals surface area contributed by atoms with E-state index in [1.165, 1.54) is 0 Å². The maximum atomic E-state index is 10.9. The molecule has 0 aliphatic rings. The highest BCUT2D eigenvalue weighted by Crippen LogP contribution is 2.11. The largest absolute Gasteiger partial charge is 0.379 e. The molecule has 0 saturated heterocycles. The molecule has 0 radical (unpaired) electrons. The van der Waals surface area contributed by atoms with Gasteiger partial charge in [0, 0.05) is 11.3 Å². The van der Waals surface area contributed by atoms with Crippen molar-refractivity contribution in [1.29, 1.82) is 0 Å². The summed E-state index contributed by atoms with van der Waals surface area (Å²) in [4.78, 5) is 10.9. The maximum Gasteiger partial charge on any atom is 0.248 e. The molecule has 0 bridgehead atoms. The smallest absolute Gasteiger partial charge is 0.248 e. The van der Waals surface area contributed by atoms with E-state index in [1.807, 2.05) is 6.92 Å². The first-order valence-electron chi connectivity index (χ1n) is 5.08. The van der Waals surface area contributed by atoms with Gasteiger partial charge < -0.3 is 11.1 Å². The van der Waals surface area contributed by atoms with Gasteiger partial charge in [-0.05, 0) is 31.2 Å². The van der Waals surface area contributed by atoms with Gasteiger partial charge in [-0.3, -0.25) is 4.79 Å². The number of rotatable bonds is 4. The van der Waals surface area contributed by atoms with Crippen LogP contribution in [0.15, 0.2) is 28.9 Å². The molecule has 0 spiro atoms. The fraction of sp³-hybridized carbons (Fsp3) is 0.182. The van der Waals surface area contributed by atoms with Gasteiger partial charge in [-0.15, -0.1) is 0 Å². The summed E-state index contributed by atoms with van der Waals surface area (Å²) in [6.45, 7) is 2.34. The molecule has 0 fully saturated rings. The number of primary amides is 1. The molecule has 0 aliphatic carbocycles. The molecule has 2 aromatic rings. The van der Waals surface area contributed by atoms with Crippen LogP contribution in [0.3, 0.4) is 0 Å². The van der Waals surface area contributed by atoms with E-state index in [4.69, 9.17) is 5.73 Å². The first-order valence-corrected chi connectivity index (χ1v) is 5.08. The van der Waals surface area contributed by atoms with Crippen LogP contribution >= 0.6 is 0 Å². The molecule has 6 nitrogen and oxygen atoms in total. The topological polar surface area (TPSA) is 94.0 Å². The zero-order valence-electron chi connectivity index (χ0n) is 9.30. The van der Waals surface area contributed by atoms with Crippen LogP contribution < -0.4 is 11.1 Å². The predicted octanol–water partition coefficient (Wildman–Crippen LogP) is 1.09. The molecule has 0 atom stereocenters. The maximum absolute atomic E-state index is 10.9. The van der Waals surface area contributed by atoms with Crippen molar-refractivity contribution < 1.29 is 9.42 Å². The average Bonchev–Trinajstić information content (AvgIpc) is 2.73. The van der Waals surface area contributed by atoms with Crippen molar-refractivity contribution in [3.05, 3.63) is 41.2 Å². The third-order valence-corrected chi connectivity index (χ3v) is 2.38. The zero-order chi connectivity index (χ0) is 12.3. The summed E-state index contributed by atoms with van der Waals surface area (Å²) in [5.74, 6) is -0.437. The number of nitrogens with two attached hydrogens (primary N) is 1. The van der Waals surface area contributed by atoms with Gasteiger partial charge in [0.1, 0.15) is 11.4 Å². The highest BCUT2D eigenvalue weighted by Gasteiger charge is 2.04. The molecular weight excluding hydrogens is 220 g/mol. The minimum atomic E-state index is -0.437. The van der Waals surface area contributed by atoms with E-state index in [0.717, 1.165) is 17.1 Å². The summed E-state index contributed by atoms with van der Waals surface area (Å²) in [5.41, 5.74) is 8.01. The van der Waals surface area contributed by atoms with E-state index in [2.05, 4.69) is 20.3 Å². The minimum Gasteiger partial charge on any atom is -0.379 e. The number of nitrogens with zero attached hydrogens (tertiary/aromatic N) is 2. The number of hydrogen-bond acceptors (Lipinski definition) is 5. The molecule has 2 rings (SSSR count). The van der Waals surface area contributed by atoms with Crippen molar-refractivity contribution >= 4 is 11.6 Å². The standard InChI is InChI=1S/C11H12N4O2/c1-7-10(15-17-14-7)6-13-9-4-2-8(3-5-9)11(12)16/h2-5,13H,6H2,1H3,(H2,12,16). The third kappa shape index (κ3) is 2.60. The second-order valence-electron chi connectivity index (χ2n) is 3.59. The lowest BCUT2D eigenvalue weighted by atomic mass is 10.2. The number of hydrogen-bond donors (Lipinski definition) is 2. The van der Waals surface area contributed by atoms with Crippen molar-refractivity contribution in [2.75, 3.05) is 5.32 Å². The van der Waals surface area contributed by atoms with E-state index in [9.17, 15) is 4.79 Å². The molecule has 6 heteroatoms. The second-order valence-corrected chi connectivity index (χ2v) is 3.59. The summed E-state index contributed by atoms with van der Waals surface area (Å²) >= 11 is 0. The van der Waals surface area contributed by atoms with Crippen LogP contribution in [0.5, 0.6) is 0 Å². The van der Waals surface area contributed by atoms with Gasteiger partial charge in [0.15, 0.2) is 0 Å². The Labute approximate surface area is 97.8 Å². The van der Waals surface area contributed by atoms with Crippen LogP contribution in [0, 0.1) is 6.92 Å². The third-order valence-electron chi connectivity index (χ3n) is 2.38. The predicted molar refractivity (Wildman–Crippen MR) is 61.3 cm³/mol. The van der Waals surface area contributed by atoms with E-state index in [1.54, 1.807) is 24.3 Å². The van der Waals surface area contributed by atoms with Crippen LogP contribution in [0.2, 0.25) is 0 Å². The Hall–Kier alpha value is -2.37. The molecule has 1 aromatic heterocycles. The molecule has 0 aliphatic heterocycles. The molecule has 88 valence electrons. The van der Waals surface area contributed by atoms with E-state index in [-0.39, 0.29) is 0 Å². The normalized spacial score (nSPS) is 10.2. The number of aromatic nitrogens is 2. The van der Waals surface area contributed by atoms with Gasteiger partial charge in [0.05, 0.1) is 6.54 Å². The number of carbonyl (C=O) groups is 1. The lowest BCUT2D eigenvalue weighted by Gasteiger charge is -2.04. The Kier molecular flexibility index (Phi) is 3.04. The second kappa shape index (κ2) is 4.65. The Bertz CT molecular complexity index is 519. The Balaban J connectivity index is 2.00. The fourth-order valence-corrected chi connectivity index (χ4v) is 1.35. The van der Waals surface area contributed by atoms with Gasteiger partial charge in [-0.1, -0.05) is 10.3 Å². The molecule has 1 heterocycles. The Morgan fingerprint density at radius 1 is 1.35 bits per heavy atom. The Morgan fingerprint density at radius 2 is 2.06 bits per heavy atom. The van der Waals surface area contributed by atoms with E-state index < -0.39 is 5.91 Å². The van der Waals surface area contributed by atoms with Gasteiger partial charge in [-0.2, -0.15) is 0 Å². The summed E-state index contributed by atoms with van der Waals surface area (Å²) in [7, 11) is 0. The first-order chi connectivity index (χ1) is 8.16. The van der Waals surface area contributed by atoms with Gasteiger partial charge in [-0.25, -0.2) is 4.63 Å². The monoisotopic (exact) mass is 232 g/mol. The van der Waals surface area contributed by atoms with Crippen molar-refractivity contribution in [3.63, 3.8) is 0 Å². The first kappa shape index (κ1) is 11.1. The average molecular weight is 232 g/mol. The van der Waals surface area contributed by atoms with Crippen molar-refractivity contribution in [3.8, 4) is 0 Å². The SMILES string of the molecule is Cc1nonc1CNc1ccc(C(N)=O)cc1. The summed E-state index contributed by atoms with van der Waals surface area (Å²) in [5, 5.41) is 10.6. The van der Waals surface area contributed by atoms with Crippen LogP contribution in [0.25, 0.3) is 0 Å². The lowest BCUT2D eigenvalue weighted by molar-refractivity contribution is 0.100. The van der Waals surface area contributed by atoms with Crippen molar-refractivity contribution in [1.82, 2.24) is 10.3 Å². The molecule has 1 amide bonds. The van der Waals surface area contributed by atoms with Crippen LogP contribution in [-0.2, 0) is 6.54 Å². The summed E-state index contributed by atoms with van der Waals surface area (Å²) in [6.07, 6.45) is 0. The lowest BCUT2D eigenvalue weighted by Crippen LogP contribution is -2.10. The van der Waals surface area contributed by atoms with Gasteiger partial charge in [0.2, 0.25) is 5.91 Å². The highest BCUT2D eigenvalue weighted by atomic mass is 16.6. The molecule has 17 heavy (non-hydrogen) atoms. The molecular formula is C11H12N4O2. The number of aryl methyl sites for hydroxylation is 1. The number of carbonyl (C=O) groups excluding carboxylic acids is 1. The number of amides is 1. The summed E-state index contributed by atoms with van der Waals surface area (Å²) < 4.78 is 4.58. The van der Waals surface area contributed by atoms with Crippen LogP contribution in [-0.4, -0.2) is 16.2 Å². The zero-order valence-corrected chi connectivity index (χ0v) is 9.30. The van der Waals surface area contributed by atoms with Crippen LogP contribution in [0.4, 0.5) is 5.69 Å².